The van der Waals surface area contributed by atoms with Crippen molar-refractivity contribution in [2.75, 3.05) is 14.7 Å². The van der Waals surface area contributed by atoms with Crippen LogP contribution in [0.25, 0.3) is 0 Å². The van der Waals surface area contributed by atoms with E-state index in [9.17, 15) is 0 Å². The first kappa shape index (κ1) is 33.4. The second-order valence-corrected chi connectivity index (χ2v) is 13.4. The Morgan fingerprint density at radius 3 is 0.549 bits per heavy atom. The average molecular weight is 664 g/mol. The highest BCUT2D eigenvalue weighted by molar-refractivity contribution is 5.91. The zero-order chi connectivity index (χ0) is 35.5. The van der Waals surface area contributed by atoms with Gasteiger partial charge in [-0.2, -0.15) is 0 Å². The van der Waals surface area contributed by atoms with Crippen LogP contribution in [-0.2, 0) is 0 Å². The van der Waals surface area contributed by atoms with Crippen molar-refractivity contribution in [3.63, 3.8) is 0 Å². The number of benzene rings is 7. The molecule has 3 nitrogen and oxygen atoms in total. The lowest BCUT2D eigenvalue weighted by Crippen LogP contribution is -2.18. The molecule has 0 bridgehead atoms. The van der Waals surface area contributed by atoms with Gasteiger partial charge in [0.15, 0.2) is 0 Å². The maximum absolute atomic E-state index is 2.43. The first-order valence-corrected chi connectivity index (χ1v) is 17.7. The maximum atomic E-state index is 2.43. The minimum Gasteiger partial charge on any atom is -0.310 e. The molecular formula is C48H45N3. The minimum atomic E-state index is 1.07. The molecule has 7 rings (SSSR count). The first-order chi connectivity index (χ1) is 24.8. The summed E-state index contributed by atoms with van der Waals surface area (Å²) in [7, 11) is 0. The van der Waals surface area contributed by atoms with Gasteiger partial charge in [0.25, 0.3) is 0 Å². The van der Waals surface area contributed by atoms with Crippen molar-refractivity contribution in [3.05, 3.63) is 197 Å². The van der Waals surface area contributed by atoms with Gasteiger partial charge in [0, 0.05) is 34.1 Å². The Hall–Kier alpha value is -6.06. The highest BCUT2D eigenvalue weighted by Gasteiger charge is 2.25. The van der Waals surface area contributed by atoms with E-state index < -0.39 is 0 Å². The molecule has 0 spiro atoms. The normalized spacial score (nSPS) is 10.9. The topological polar surface area (TPSA) is 9.72 Å². The van der Waals surface area contributed by atoms with Gasteiger partial charge in [-0.1, -0.05) is 109 Å². The number of hydrogen-bond acceptors (Lipinski definition) is 3. The maximum Gasteiger partial charge on any atom is 0.0503 e. The zero-order valence-corrected chi connectivity index (χ0v) is 30.4. The molecular weight excluding hydrogens is 619 g/mol. The van der Waals surface area contributed by atoms with Crippen LogP contribution in [0.3, 0.4) is 0 Å². The van der Waals surface area contributed by atoms with Crippen molar-refractivity contribution in [3.8, 4) is 0 Å². The summed E-state index contributed by atoms with van der Waals surface area (Å²) in [6.45, 7) is 13.2. The summed E-state index contributed by atoms with van der Waals surface area (Å²) in [4.78, 5) is 7.29. The van der Waals surface area contributed by atoms with Gasteiger partial charge in [-0.25, -0.2) is 0 Å². The summed E-state index contributed by atoms with van der Waals surface area (Å²) in [6.07, 6.45) is 0. The lowest BCUT2D eigenvalue weighted by molar-refractivity contribution is 1.18. The molecule has 0 saturated carbocycles. The fraction of sp³-hybridized carbons (Fsp3) is 0.125. The largest absolute Gasteiger partial charge is 0.310 e. The Labute approximate surface area is 303 Å². The standard InChI is InChI=1S/C48H45N3/c1-34-19-7-13-25-43(34)49(44-26-14-8-20-35(44)2)40-31-41(50(45-27-15-9-21-36(45)3)46-28-16-10-22-37(46)4)33-42(32-40)51(47-29-17-11-23-38(47)5)48-30-18-12-24-39(48)6/h7-33H,1-6H3. The Kier molecular flexibility index (Phi) is 9.46. The fourth-order valence-electron chi connectivity index (χ4n) is 7.08. The van der Waals surface area contributed by atoms with Crippen molar-refractivity contribution in [1.82, 2.24) is 0 Å². The van der Waals surface area contributed by atoms with Gasteiger partial charge in [-0.05, 0) is 130 Å². The van der Waals surface area contributed by atoms with Crippen molar-refractivity contribution < 1.29 is 0 Å². The molecule has 0 aliphatic carbocycles. The average Bonchev–Trinajstić information content (AvgIpc) is 3.13. The summed E-state index contributed by atoms with van der Waals surface area (Å²) >= 11 is 0. The minimum absolute atomic E-state index is 1.07. The summed E-state index contributed by atoms with van der Waals surface area (Å²) in [5.41, 5.74) is 17.3. The summed E-state index contributed by atoms with van der Waals surface area (Å²) in [5, 5.41) is 0. The van der Waals surface area contributed by atoms with E-state index in [-0.39, 0.29) is 0 Å². The summed E-state index contributed by atoms with van der Waals surface area (Å²) < 4.78 is 0. The van der Waals surface area contributed by atoms with E-state index in [1.54, 1.807) is 0 Å². The van der Waals surface area contributed by atoms with Crippen LogP contribution >= 0.6 is 0 Å². The number of anilines is 9. The molecule has 3 heteroatoms. The number of nitrogens with zero attached hydrogens (tertiary/aromatic N) is 3. The molecule has 0 aromatic heterocycles. The Morgan fingerprint density at radius 2 is 0.392 bits per heavy atom. The SMILES string of the molecule is Cc1ccccc1N(c1cc(N(c2ccccc2C)c2ccccc2C)cc(N(c2ccccc2C)c2ccccc2C)c1)c1ccccc1C. The second-order valence-electron chi connectivity index (χ2n) is 13.4. The Bertz CT molecular complexity index is 1910. The van der Waals surface area contributed by atoms with E-state index in [0.717, 1.165) is 51.2 Å². The third-order valence-corrected chi connectivity index (χ3v) is 9.80. The molecule has 0 radical (unpaired) electrons. The van der Waals surface area contributed by atoms with Gasteiger partial charge < -0.3 is 14.7 Å². The quantitative estimate of drug-likeness (QED) is 0.152. The molecule has 0 atom stereocenters. The van der Waals surface area contributed by atoms with Crippen molar-refractivity contribution in [1.29, 1.82) is 0 Å². The van der Waals surface area contributed by atoms with Gasteiger partial charge in [0.2, 0.25) is 0 Å². The molecule has 51 heavy (non-hydrogen) atoms. The van der Waals surface area contributed by atoms with Crippen LogP contribution in [0, 0.1) is 41.5 Å². The van der Waals surface area contributed by atoms with Crippen LogP contribution in [0.5, 0.6) is 0 Å². The van der Waals surface area contributed by atoms with E-state index >= 15 is 0 Å². The Morgan fingerprint density at radius 1 is 0.235 bits per heavy atom. The summed E-state index contributed by atoms with van der Waals surface area (Å²) in [5.74, 6) is 0. The highest BCUT2D eigenvalue weighted by Crippen LogP contribution is 2.48. The van der Waals surface area contributed by atoms with Crippen LogP contribution < -0.4 is 14.7 Å². The van der Waals surface area contributed by atoms with Gasteiger partial charge in [-0.15, -0.1) is 0 Å². The second kappa shape index (κ2) is 14.4. The van der Waals surface area contributed by atoms with Gasteiger partial charge in [0.05, 0.1) is 17.1 Å². The Balaban J connectivity index is 1.61. The van der Waals surface area contributed by atoms with E-state index in [1.165, 1.54) is 33.4 Å². The van der Waals surface area contributed by atoms with Crippen molar-refractivity contribution >= 4 is 51.2 Å². The lowest BCUT2D eigenvalue weighted by Gasteiger charge is -2.35. The molecule has 0 unspecified atom stereocenters. The monoisotopic (exact) mass is 663 g/mol. The third-order valence-electron chi connectivity index (χ3n) is 9.80. The van der Waals surface area contributed by atoms with Gasteiger partial charge >= 0.3 is 0 Å². The molecule has 0 amide bonds. The van der Waals surface area contributed by atoms with E-state index in [2.05, 4.69) is 220 Å². The van der Waals surface area contributed by atoms with Crippen LogP contribution in [0.1, 0.15) is 33.4 Å². The molecule has 0 N–H and O–H groups in total. The van der Waals surface area contributed by atoms with Crippen molar-refractivity contribution in [2.45, 2.75) is 41.5 Å². The lowest BCUT2D eigenvalue weighted by atomic mass is 10.0. The number of rotatable bonds is 9. The van der Waals surface area contributed by atoms with Crippen molar-refractivity contribution in [2.24, 2.45) is 0 Å². The fourth-order valence-corrected chi connectivity index (χ4v) is 7.08. The molecule has 0 aliphatic rings. The predicted molar refractivity (Wildman–Crippen MR) is 219 cm³/mol. The third kappa shape index (κ3) is 6.63. The smallest absolute Gasteiger partial charge is 0.0503 e. The van der Waals surface area contributed by atoms with Crippen LogP contribution in [0.15, 0.2) is 164 Å². The number of para-hydroxylation sites is 6. The van der Waals surface area contributed by atoms with Crippen LogP contribution in [-0.4, -0.2) is 0 Å². The van der Waals surface area contributed by atoms with E-state index in [0.29, 0.717) is 0 Å². The van der Waals surface area contributed by atoms with E-state index in [4.69, 9.17) is 0 Å². The molecule has 0 aliphatic heterocycles. The zero-order valence-electron chi connectivity index (χ0n) is 30.4. The van der Waals surface area contributed by atoms with Gasteiger partial charge in [0.1, 0.15) is 0 Å². The molecule has 7 aromatic rings. The molecule has 7 aromatic carbocycles. The van der Waals surface area contributed by atoms with Crippen LogP contribution in [0.4, 0.5) is 51.2 Å². The number of aryl methyl sites for hydroxylation is 6. The summed E-state index contributed by atoms with van der Waals surface area (Å²) in [6, 6.07) is 59.2. The molecule has 252 valence electrons. The number of hydrogen-bond donors (Lipinski definition) is 0. The van der Waals surface area contributed by atoms with Gasteiger partial charge in [-0.3, -0.25) is 0 Å². The predicted octanol–water partition coefficient (Wildman–Crippen LogP) is 13.9. The van der Waals surface area contributed by atoms with E-state index in [1.807, 2.05) is 0 Å². The molecule has 0 saturated heterocycles. The molecule has 0 heterocycles. The van der Waals surface area contributed by atoms with Crippen LogP contribution in [0.2, 0.25) is 0 Å². The first-order valence-electron chi connectivity index (χ1n) is 17.7. The molecule has 0 fully saturated rings. The highest BCUT2D eigenvalue weighted by atomic mass is 15.2.